The van der Waals surface area contributed by atoms with Crippen molar-refractivity contribution in [2.45, 2.75) is 113 Å². The van der Waals surface area contributed by atoms with Crippen LogP contribution in [0.1, 0.15) is 101 Å². The number of esters is 4. The number of Topliss-reactive ketones (excluding diaryl/α,β-unsaturated/α-hetero) is 2. The van der Waals surface area contributed by atoms with Crippen molar-refractivity contribution in [1.29, 1.82) is 0 Å². The van der Waals surface area contributed by atoms with Gasteiger partial charge in [0.25, 0.3) is 5.79 Å². The second-order valence-corrected chi connectivity index (χ2v) is 20.7. The third-order valence-electron chi connectivity index (χ3n) is 13.7. The summed E-state index contributed by atoms with van der Waals surface area (Å²) in [5, 5.41) is 9.44. The molecule has 1 spiro atoms. The third kappa shape index (κ3) is 18.5. The normalized spacial score (nSPS) is 26.3. The molecular weight excluding hydrogens is 1100 g/mol. The van der Waals surface area contributed by atoms with Crippen LogP contribution in [0.2, 0.25) is 0 Å². The van der Waals surface area contributed by atoms with Gasteiger partial charge in [0.1, 0.15) is 30.4 Å². The van der Waals surface area contributed by atoms with Gasteiger partial charge in [-0.1, -0.05) is 72.8 Å². The molecule has 0 amide bonds. The molecule has 0 aromatic heterocycles. The Bertz CT molecular complexity index is 2750. The molecule has 0 aliphatic carbocycles. The Morgan fingerprint density at radius 3 is 1.54 bits per heavy atom. The van der Waals surface area contributed by atoms with Gasteiger partial charge in [0.15, 0.2) is 29.6 Å². The summed E-state index contributed by atoms with van der Waals surface area (Å²) in [4.78, 5) is 69.4. The predicted octanol–water partition coefficient (Wildman–Crippen LogP) is 6.90. The summed E-state index contributed by atoms with van der Waals surface area (Å²) in [6.07, 6.45) is 3.12. The van der Waals surface area contributed by atoms with Crippen LogP contribution in [0.3, 0.4) is 0 Å². The van der Waals surface area contributed by atoms with E-state index in [1.165, 1.54) is 14.2 Å². The second-order valence-electron chi connectivity index (χ2n) is 20.7. The molecule has 0 radical (unpaired) electrons. The van der Waals surface area contributed by atoms with Gasteiger partial charge < -0.3 is 76.2 Å². The van der Waals surface area contributed by atoms with E-state index in [9.17, 15) is 33.9 Å². The fourth-order valence-corrected chi connectivity index (χ4v) is 9.09. The number of ether oxygens (including phenoxy) is 15. The molecule has 8 heterocycles. The van der Waals surface area contributed by atoms with Crippen molar-refractivity contribution in [3.63, 3.8) is 0 Å². The molecule has 0 bridgehead atoms. The van der Waals surface area contributed by atoms with Crippen molar-refractivity contribution in [2.24, 2.45) is 0 Å². The monoisotopic (exact) mass is 1170 g/mol. The van der Waals surface area contributed by atoms with Gasteiger partial charge >= 0.3 is 23.9 Å². The number of ketones is 2. The van der Waals surface area contributed by atoms with E-state index in [1.54, 1.807) is 119 Å². The number of carbonyl (C=O) groups is 6. The van der Waals surface area contributed by atoms with Crippen LogP contribution >= 0.6 is 0 Å². The minimum atomic E-state index is -1.34. The lowest BCUT2D eigenvalue weighted by atomic mass is 9.99. The molecule has 4 aromatic carbocycles. The first kappa shape index (κ1) is 65.1. The van der Waals surface area contributed by atoms with Crippen LogP contribution in [0, 0.1) is 0 Å². The van der Waals surface area contributed by atoms with Crippen LogP contribution in [0.4, 0.5) is 0 Å². The lowest BCUT2D eigenvalue weighted by Crippen LogP contribution is -2.58. The summed E-state index contributed by atoms with van der Waals surface area (Å²) in [5.74, 6) is -5.60. The molecule has 0 unspecified atom stereocenters. The highest BCUT2D eigenvalue weighted by molar-refractivity contribution is 6.02. The Kier molecular flexibility index (Phi) is 23.7. The second kappa shape index (κ2) is 30.6. The number of rotatable bonds is 8. The van der Waals surface area contributed by atoms with Crippen molar-refractivity contribution in [3.05, 3.63) is 155 Å². The average Bonchev–Trinajstić information content (AvgIpc) is 1.96. The summed E-state index contributed by atoms with van der Waals surface area (Å²) in [6, 6.07) is 34.7. The first-order valence-corrected chi connectivity index (χ1v) is 27.6. The quantitative estimate of drug-likeness (QED) is 0.0618. The maximum atomic E-state index is 12.5. The molecule has 8 aliphatic heterocycles. The minimum Gasteiger partial charge on any atom is -0.428 e. The van der Waals surface area contributed by atoms with Crippen LogP contribution in [0.25, 0.3) is 0 Å². The van der Waals surface area contributed by atoms with Crippen molar-refractivity contribution in [3.8, 4) is 0 Å². The Balaban J connectivity index is 0.000000147. The summed E-state index contributed by atoms with van der Waals surface area (Å²) < 4.78 is 79.1. The minimum absolute atomic E-state index is 0.0751. The molecule has 0 saturated carbocycles. The summed E-state index contributed by atoms with van der Waals surface area (Å²) in [7, 11) is 3.05. The van der Waals surface area contributed by atoms with Crippen molar-refractivity contribution in [1.82, 2.24) is 0 Å². The molecular formula is C62H74O22. The first-order valence-electron chi connectivity index (χ1n) is 27.6. The number of hydrogen-bond acceptors (Lipinski definition) is 22. The maximum absolute atomic E-state index is 12.5. The molecule has 84 heavy (non-hydrogen) atoms. The third-order valence-corrected chi connectivity index (χ3v) is 13.7. The number of fused-ring (bicyclic) bond motifs is 2. The van der Waals surface area contributed by atoms with Crippen molar-refractivity contribution >= 4 is 35.4 Å². The molecule has 454 valence electrons. The van der Waals surface area contributed by atoms with Gasteiger partial charge in [-0.15, -0.1) is 0 Å². The zero-order chi connectivity index (χ0) is 60.2. The van der Waals surface area contributed by atoms with E-state index in [0.717, 1.165) is 0 Å². The standard InChI is InChI=1S/C14H10O3.C12H18O6.C12H12O4.C12H12O3.C7H14O4.C5H8O2/c15-13(11-7-3-1-4-8-11)17-14(16)12-9-5-2-6-10-12;1-10(2)15-6-12(18-10)9(13)8-7(5-14-12)16-11(3,4)17-8;13-11(9-4-2-1-3-5-9)16-12-6-7-14-8-10(12)15-12;13-12(10-4-2-1-3-5-10)15-11-6-8-14-9-7-11;1-9-7(10-2)3-4-11-5-6(7)8;6-5-1-3-7-4-2-5/h1-10H;7-8H,5-6H2,1-4H3;1-5,10H,6-8H2;1-6H,7-9H2;6,8H,3-5H2,1-2H3;1-4H2/t;7-,8-,12+;10-,12-;;6-;/m.11.1./s1. The van der Waals surface area contributed by atoms with Crippen LogP contribution in [0.5, 0.6) is 0 Å². The molecule has 22 heteroatoms. The van der Waals surface area contributed by atoms with E-state index in [1.807, 2.05) is 36.4 Å². The average molecular weight is 1170 g/mol. The zero-order valence-corrected chi connectivity index (χ0v) is 48.1. The van der Waals surface area contributed by atoms with Crippen LogP contribution in [0.15, 0.2) is 133 Å². The summed E-state index contributed by atoms with van der Waals surface area (Å²) >= 11 is 0. The van der Waals surface area contributed by atoms with Gasteiger partial charge in [0, 0.05) is 46.3 Å². The SMILES string of the molecule is CC1(C)O[C@@H]2CO[C@]3(COC(C)(C)O3)C(=O)[C@@H]2O1.COC1(OC)CCOC[C@H]1O.O=C(OC(=O)c1ccccc1)c1ccccc1.O=C(OC1=CCOCC1)c1ccccc1.O=C(O[C@]12CCOC[C@H]1O2)c1ccccc1.O=C1CCOCC1. The predicted molar refractivity (Wildman–Crippen MR) is 295 cm³/mol. The highest BCUT2D eigenvalue weighted by atomic mass is 16.9. The fraction of sp³-hybridized carbons (Fsp3) is 0.484. The topological polar surface area (TPSA) is 264 Å². The highest BCUT2D eigenvalue weighted by Crippen LogP contribution is 2.44. The van der Waals surface area contributed by atoms with E-state index in [0.29, 0.717) is 112 Å². The lowest BCUT2D eigenvalue weighted by molar-refractivity contribution is -0.292. The molecule has 22 nitrogen and oxygen atoms in total. The number of epoxide rings is 1. The molecule has 7 saturated heterocycles. The smallest absolute Gasteiger partial charge is 0.346 e. The van der Waals surface area contributed by atoms with E-state index in [-0.39, 0.29) is 49.8 Å². The van der Waals surface area contributed by atoms with Crippen LogP contribution in [-0.4, -0.2) is 174 Å². The van der Waals surface area contributed by atoms with Gasteiger partial charge in [-0.25, -0.2) is 19.2 Å². The Labute approximate surface area is 487 Å². The largest absolute Gasteiger partial charge is 0.428 e. The zero-order valence-electron chi connectivity index (χ0n) is 48.1. The lowest BCUT2D eigenvalue weighted by Gasteiger charge is -2.38. The Hall–Kier alpha value is -6.48. The number of benzene rings is 4. The van der Waals surface area contributed by atoms with Gasteiger partial charge in [0.2, 0.25) is 11.6 Å². The maximum Gasteiger partial charge on any atom is 0.346 e. The summed E-state index contributed by atoms with van der Waals surface area (Å²) in [6.45, 7) is 11.8. The van der Waals surface area contributed by atoms with E-state index < -0.39 is 53.1 Å². The van der Waals surface area contributed by atoms with Crippen LogP contribution in [-0.2, 0) is 80.6 Å². The Morgan fingerprint density at radius 1 is 0.548 bits per heavy atom. The Morgan fingerprint density at radius 2 is 1.07 bits per heavy atom. The fourth-order valence-electron chi connectivity index (χ4n) is 9.09. The number of aliphatic hydroxyl groups is 1. The van der Waals surface area contributed by atoms with Crippen molar-refractivity contribution < 1.29 is 105 Å². The number of aliphatic hydroxyl groups excluding tert-OH is 1. The van der Waals surface area contributed by atoms with E-state index >= 15 is 0 Å². The molecule has 12 rings (SSSR count). The number of carbonyl (C=O) groups excluding carboxylic acids is 6. The number of hydrogen-bond donors (Lipinski definition) is 1. The first-order chi connectivity index (χ1) is 40.3. The number of methoxy groups -OCH3 is 2. The van der Waals surface area contributed by atoms with Gasteiger partial charge in [-0.3, -0.25) is 9.59 Å². The molecule has 7 fully saturated rings. The van der Waals surface area contributed by atoms with Gasteiger partial charge in [-0.05, 0) is 82.3 Å². The molecule has 1 N–H and O–H groups in total. The molecule has 8 aliphatic rings. The van der Waals surface area contributed by atoms with Crippen LogP contribution < -0.4 is 0 Å². The van der Waals surface area contributed by atoms with E-state index in [2.05, 4.69) is 0 Å². The highest BCUT2D eigenvalue weighted by Gasteiger charge is 2.63. The van der Waals surface area contributed by atoms with Gasteiger partial charge in [0.05, 0.1) is 81.7 Å². The molecule has 4 aromatic rings. The van der Waals surface area contributed by atoms with Gasteiger partial charge in [-0.2, -0.15) is 0 Å². The molecule has 6 atom stereocenters. The van der Waals surface area contributed by atoms with Crippen molar-refractivity contribution in [2.75, 3.05) is 80.3 Å². The summed E-state index contributed by atoms with van der Waals surface area (Å²) in [5.41, 5.74) is 1.84. The van der Waals surface area contributed by atoms with E-state index in [4.69, 9.17) is 71.1 Å².